The number of pyridine rings is 2. The summed E-state index contributed by atoms with van der Waals surface area (Å²) in [6.07, 6.45) is -0.411. The zero-order chi connectivity index (χ0) is 17.4. The molecule has 1 aromatic carbocycles. The van der Waals surface area contributed by atoms with E-state index in [0.29, 0.717) is 28.0 Å². The first-order valence-electron chi connectivity index (χ1n) is 7.46. The quantitative estimate of drug-likeness (QED) is 0.540. The molecular formula is C18H11F3N4. The van der Waals surface area contributed by atoms with E-state index in [-0.39, 0.29) is 0 Å². The predicted octanol–water partition coefficient (Wildman–Crippen LogP) is 4.50. The summed E-state index contributed by atoms with van der Waals surface area (Å²) in [5.41, 5.74) is 1.71. The summed E-state index contributed by atoms with van der Waals surface area (Å²) in [5.74, 6) is 0. The molecule has 0 N–H and O–H groups in total. The average Bonchev–Trinajstić information content (AvgIpc) is 3.01. The van der Waals surface area contributed by atoms with Crippen LogP contribution in [0.1, 0.15) is 5.56 Å². The van der Waals surface area contributed by atoms with Crippen molar-refractivity contribution in [2.45, 2.75) is 6.18 Å². The van der Waals surface area contributed by atoms with Crippen LogP contribution in [-0.4, -0.2) is 19.7 Å². The fourth-order valence-electron chi connectivity index (χ4n) is 2.62. The standard InChI is InChI=1S/C18H11F3N4/c19-18(20,21)13-9-15-17(23-11-13)16(12-5-4-8-22-10-12)24-25(15)14-6-2-1-3-7-14/h1-11H. The maximum Gasteiger partial charge on any atom is 0.417 e. The minimum Gasteiger partial charge on any atom is -0.264 e. The van der Waals surface area contributed by atoms with Gasteiger partial charge in [-0.1, -0.05) is 18.2 Å². The Morgan fingerprint density at radius 1 is 0.920 bits per heavy atom. The molecule has 7 heteroatoms. The third-order valence-corrected chi connectivity index (χ3v) is 3.78. The number of benzene rings is 1. The van der Waals surface area contributed by atoms with Crippen LogP contribution in [0.5, 0.6) is 0 Å². The van der Waals surface area contributed by atoms with Crippen molar-refractivity contribution in [1.82, 2.24) is 19.7 Å². The first-order chi connectivity index (χ1) is 12.0. The number of fused-ring (bicyclic) bond motifs is 1. The fourth-order valence-corrected chi connectivity index (χ4v) is 2.62. The van der Waals surface area contributed by atoms with Crippen LogP contribution < -0.4 is 0 Å². The van der Waals surface area contributed by atoms with Crippen LogP contribution in [0.25, 0.3) is 28.0 Å². The van der Waals surface area contributed by atoms with Gasteiger partial charge in [-0.25, -0.2) is 4.68 Å². The van der Waals surface area contributed by atoms with Crippen LogP contribution in [0.2, 0.25) is 0 Å². The van der Waals surface area contributed by atoms with Gasteiger partial charge in [0, 0.05) is 24.2 Å². The molecule has 0 saturated carbocycles. The van der Waals surface area contributed by atoms with E-state index in [1.54, 1.807) is 48.8 Å². The Hall–Kier alpha value is -3.22. The highest BCUT2D eigenvalue weighted by atomic mass is 19.4. The minimum absolute atomic E-state index is 0.292. The molecule has 0 fully saturated rings. The maximum atomic E-state index is 13.1. The first kappa shape index (κ1) is 15.3. The highest BCUT2D eigenvalue weighted by Gasteiger charge is 2.32. The molecule has 0 spiro atoms. The molecule has 0 aliphatic heterocycles. The third kappa shape index (κ3) is 2.73. The molecule has 3 aromatic heterocycles. The van der Waals surface area contributed by atoms with Gasteiger partial charge in [0.15, 0.2) is 0 Å². The van der Waals surface area contributed by atoms with Crippen LogP contribution in [0.15, 0.2) is 67.1 Å². The Kier molecular flexibility index (Phi) is 3.49. The van der Waals surface area contributed by atoms with Crippen molar-refractivity contribution in [3.8, 4) is 16.9 Å². The van der Waals surface area contributed by atoms with Gasteiger partial charge in [-0.2, -0.15) is 18.3 Å². The lowest BCUT2D eigenvalue weighted by Crippen LogP contribution is -2.06. The third-order valence-electron chi connectivity index (χ3n) is 3.78. The van der Waals surface area contributed by atoms with Gasteiger partial charge in [0.2, 0.25) is 0 Å². The normalized spacial score (nSPS) is 11.8. The Morgan fingerprint density at radius 2 is 1.72 bits per heavy atom. The number of aromatic nitrogens is 4. The average molecular weight is 340 g/mol. The number of nitrogens with zero attached hydrogens (tertiary/aromatic N) is 4. The smallest absolute Gasteiger partial charge is 0.264 e. The summed E-state index contributed by atoms with van der Waals surface area (Å²) < 4.78 is 40.8. The van der Waals surface area contributed by atoms with Gasteiger partial charge < -0.3 is 0 Å². The summed E-state index contributed by atoms with van der Waals surface area (Å²) in [5, 5.41) is 4.50. The van der Waals surface area contributed by atoms with Crippen LogP contribution in [0.3, 0.4) is 0 Å². The number of rotatable bonds is 2. The number of para-hydroxylation sites is 1. The summed E-state index contributed by atoms with van der Waals surface area (Å²) >= 11 is 0. The Morgan fingerprint density at radius 3 is 2.40 bits per heavy atom. The van der Waals surface area contributed by atoms with E-state index in [0.717, 1.165) is 12.3 Å². The molecule has 124 valence electrons. The maximum absolute atomic E-state index is 13.1. The minimum atomic E-state index is -4.47. The molecule has 0 atom stereocenters. The molecule has 4 rings (SSSR count). The highest BCUT2D eigenvalue weighted by molar-refractivity contribution is 5.91. The monoisotopic (exact) mass is 340 g/mol. The number of hydrogen-bond donors (Lipinski definition) is 0. The molecular weight excluding hydrogens is 329 g/mol. The van der Waals surface area contributed by atoms with Crippen molar-refractivity contribution in [2.75, 3.05) is 0 Å². The molecule has 4 nitrogen and oxygen atoms in total. The zero-order valence-corrected chi connectivity index (χ0v) is 12.8. The van der Waals surface area contributed by atoms with E-state index in [9.17, 15) is 13.2 Å². The fraction of sp³-hybridized carbons (Fsp3) is 0.0556. The van der Waals surface area contributed by atoms with Crippen molar-refractivity contribution in [3.05, 3.63) is 72.7 Å². The van der Waals surface area contributed by atoms with Crippen molar-refractivity contribution in [1.29, 1.82) is 0 Å². The Balaban J connectivity index is 2.02. The van der Waals surface area contributed by atoms with E-state index >= 15 is 0 Å². The molecule has 0 aliphatic rings. The van der Waals surface area contributed by atoms with E-state index in [2.05, 4.69) is 15.1 Å². The van der Waals surface area contributed by atoms with Gasteiger partial charge in [-0.15, -0.1) is 0 Å². The summed E-state index contributed by atoms with van der Waals surface area (Å²) in [4.78, 5) is 8.09. The second-order valence-electron chi connectivity index (χ2n) is 5.43. The predicted molar refractivity (Wildman–Crippen MR) is 87.1 cm³/mol. The molecule has 0 saturated heterocycles. The van der Waals surface area contributed by atoms with Crippen molar-refractivity contribution in [3.63, 3.8) is 0 Å². The van der Waals surface area contributed by atoms with E-state index in [4.69, 9.17) is 0 Å². The van der Waals surface area contributed by atoms with Crippen LogP contribution in [0, 0.1) is 0 Å². The number of halogens is 3. The van der Waals surface area contributed by atoms with Crippen LogP contribution in [0.4, 0.5) is 13.2 Å². The summed E-state index contributed by atoms with van der Waals surface area (Å²) in [7, 11) is 0. The number of alkyl halides is 3. The van der Waals surface area contributed by atoms with Crippen LogP contribution >= 0.6 is 0 Å². The van der Waals surface area contributed by atoms with Gasteiger partial charge in [0.05, 0.1) is 16.8 Å². The topological polar surface area (TPSA) is 43.6 Å². The van der Waals surface area contributed by atoms with E-state index in [1.807, 2.05) is 6.07 Å². The van der Waals surface area contributed by atoms with Gasteiger partial charge in [-0.05, 0) is 30.3 Å². The van der Waals surface area contributed by atoms with Crippen molar-refractivity contribution >= 4 is 11.0 Å². The summed E-state index contributed by atoms with van der Waals surface area (Å²) in [6.45, 7) is 0. The van der Waals surface area contributed by atoms with Gasteiger partial charge in [0.25, 0.3) is 0 Å². The molecule has 0 radical (unpaired) electrons. The molecule has 0 unspecified atom stereocenters. The second kappa shape index (κ2) is 5.70. The van der Waals surface area contributed by atoms with Crippen LogP contribution in [-0.2, 0) is 6.18 Å². The molecule has 4 aromatic rings. The van der Waals surface area contributed by atoms with E-state index < -0.39 is 11.7 Å². The Labute approximate surface area is 140 Å². The molecule has 0 amide bonds. The first-order valence-corrected chi connectivity index (χ1v) is 7.46. The zero-order valence-electron chi connectivity index (χ0n) is 12.8. The van der Waals surface area contributed by atoms with E-state index in [1.165, 1.54) is 4.68 Å². The lowest BCUT2D eigenvalue weighted by molar-refractivity contribution is -0.137. The van der Waals surface area contributed by atoms with Gasteiger partial charge in [0.1, 0.15) is 11.2 Å². The van der Waals surface area contributed by atoms with Crippen molar-refractivity contribution < 1.29 is 13.2 Å². The molecule has 0 aliphatic carbocycles. The lowest BCUT2D eigenvalue weighted by Gasteiger charge is -2.07. The van der Waals surface area contributed by atoms with Gasteiger partial charge in [-0.3, -0.25) is 9.97 Å². The Bertz CT molecular complexity index is 1020. The summed E-state index contributed by atoms with van der Waals surface area (Å²) in [6, 6.07) is 13.6. The molecule has 0 bridgehead atoms. The lowest BCUT2D eigenvalue weighted by atomic mass is 10.1. The highest BCUT2D eigenvalue weighted by Crippen LogP contribution is 2.34. The second-order valence-corrected chi connectivity index (χ2v) is 5.43. The number of hydrogen-bond acceptors (Lipinski definition) is 3. The van der Waals surface area contributed by atoms with Gasteiger partial charge >= 0.3 is 6.18 Å². The SMILES string of the molecule is FC(F)(F)c1cnc2c(-c3cccnc3)nn(-c3ccccc3)c2c1. The van der Waals surface area contributed by atoms with Crippen molar-refractivity contribution in [2.24, 2.45) is 0 Å². The molecule has 25 heavy (non-hydrogen) atoms. The largest absolute Gasteiger partial charge is 0.417 e. The molecule has 3 heterocycles.